The van der Waals surface area contributed by atoms with Gasteiger partial charge in [-0.05, 0) is 56.1 Å². The number of hydrogen-bond acceptors (Lipinski definition) is 13. The summed E-state index contributed by atoms with van der Waals surface area (Å²) in [6.07, 6.45) is -2.95. The first-order chi connectivity index (χ1) is 28.2. The summed E-state index contributed by atoms with van der Waals surface area (Å²) in [5.74, 6) is -9.56. The fourth-order valence-corrected chi connectivity index (χ4v) is 6.07. The molecule has 0 heterocycles. The number of amides is 5. The first kappa shape index (κ1) is 50.6. The lowest BCUT2D eigenvalue weighted by Gasteiger charge is -2.30. The highest BCUT2D eigenvalue weighted by Crippen LogP contribution is 2.23. The van der Waals surface area contributed by atoms with Crippen molar-refractivity contribution in [3.8, 4) is 0 Å². The SMILES string of the molecule is CC(N)C(=O)NC(C)C(=O)[C@@H](CCC(=O)N(C(=O)CCC(O)C(N)Cc1ccccc1)C(=O)C(NC(=O)C(N)C(C)C)C(C)C)[C@H](N=C(N)N)C(=O)OCc1ccccc1. The zero-order valence-corrected chi connectivity index (χ0v) is 35.3. The number of ketones is 1. The maximum absolute atomic E-state index is 14.3. The molecule has 0 aliphatic rings. The first-order valence-corrected chi connectivity index (χ1v) is 20.0. The molecular weight excluding hydrogens is 775 g/mol. The van der Waals surface area contributed by atoms with Crippen LogP contribution in [-0.2, 0) is 51.3 Å². The van der Waals surface area contributed by atoms with E-state index in [9.17, 15) is 38.7 Å². The Labute approximate surface area is 351 Å². The number of guanidine groups is 1. The average Bonchev–Trinajstić information content (AvgIpc) is 3.20. The maximum Gasteiger partial charge on any atom is 0.332 e. The van der Waals surface area contributed by atoms with Crippen LogP contribution in [0.1, 0.15) is 78.4 Å². The summed E-state index contributed by atoms with van der Waals surface area (Å²) in [6, 6.07) is 10.4. The summed E-state index contributed by atoms with van der Waals surface area (Å²) in [7, 11) is 0. The minimum absolute atomic E-state index is 0.229. The largest absolute Gasteiger partial charge is 0.459 e. The molecule has 2 aromatic carbocycles. The van der Waals surface area contributed by atoms with Crippen molar-refractivity contribution in [1.29, 1.82) is 0 Å². The van der Waals surface area contributed by atoms with Crippen molar-refractivity contribution < 1.29 is 43.4 Å². The molecule has 0 aliphatic heterocycles. The van der Waals surface area contributed by atoms with Gasteiger partial charge in [-0.25, -0.2) is 14.7 Å². The Morgan fingerprint density at radius 3 is 1.77 bits per heavy atom. The summed E-state index contributed by atoms with van der Waals surface area (Å²) in [6.45, 7) is 9.10. The highest BCUT2D eigenvalue weighted by Gasteiger charge is 2.41. The lowest BCUT2D eigenvalue weighted by atomic mass is 9.86. The van der Waals surface area contributed by atoms with E-state index in [2.05, 4.69) is 15.6 Å². The van der Waals surface area contributed by atoms with Crippen LogP contribution in [0.15, 0.2) is 65.7 Å². The van der Waals surface area contributed by atoms with Crippen molar-refractivity contribution in [3.63, 3.8) is 0 Å². The number of hydrogen-bond donors (Lipinski definition) is 8. The number of Topliss-reactive ketones (excluding diaryl/α,β-unsaturated/α-hetero) is 1. The highest BCUT2D eigenvalue weighted by atomic mass is 16.5. The van der Waals surface area contributed by atoms with Crippen molar-refractivity contribution in [2.75, 3.05) is 0 Å². The van der Waals surface area contributed by atoms with Gasteiger partial charge in [-0.2, -0.15) is 0 Å². The third-order valence-electron chi connectivity index (χ3n) is 9.80. The standard InChI is InChI=1S/C42H63N9O9/c1-23(2)34(45)39(57)49-35(24(3)4)40(58)51(33(54)20-18-31(52)30(44)21-27-13-9-7-10-14-27)32(53)19-17-29(37(55)26(6)48-38(56)25(5)43)36(50-42(46)47)41(59)60-22-28-15-11-8-12-16-28/h7-16,23-26,29-31,34-36,52H,17-22,43-45H2,1-6H3,(H,48,56)(H,49,57)(H4,46,47,50)/t25?,26?,29-,30?,31?,34?,35?,36-/m0/s1. The van der Waals surface area contributed by atoms with Gasteiger partial charge in [0, 0.05) is 18.9 Å². The number of ether oxygens (including phenoxy) is 1. The van der Waals surface area contributed by atoms with Crippen LogP contribution in [0.5, 0.6) is 0 Å². The van der Waals surface area contributed by atoms with Crippen LogP contribution in [0.4, 0.5) is 0 Å². The number of nitrogens with zero attached hydrogens (tertiary/aromatic N) is 2. The number of rotatable bonds is 23. The summed E-state index contributed by atoms with van der Waals surface area (Å²) in [4.78, 5) is 100. The second-order valence-electron chi connectivity index (χ2n) is 15.6. The summed E-state index contributed by atoms with van der Waals surface area (Å²) < 4.78 is 5.49. The van der Waals surface area contributed by atoms with E-state index in [0.717, 1.165) is 5.56 Å². The molecule has 13 N–H and O–H groups in total. The molecule has 330 valence electrons. The number of imide groups is 3. The van der Waals surface area contributed by atoms with Crippen molar-refractivity contribution in [3.05, 3.63) is 71.8 Å². The molecule has 0 aromatic heterocycles. The minimum Gasteiger partial charge on any atom is -0.459 e. The Hall–Kier alpha value is -5.56. The number of aliphatic hydroxyl groups is 1. The lowest BCUT2D eigenvalue weighted by molar-refractivity contribution is -0.157. The van der Waals surface area contributed by atoms with Gasteiger partial charge in [0.1, 0.15) is 12.6 Å². The van der Waals surface area contributed by atoms with Crippen LogP contribution in [0.25, 0.3) is 0 Å². The highest BCUT2D eigenvalue weighted by molar-refractivity contribution is 6.13. The van der Waals surface area contributed by atoms with E-state index >= 15 is 0 Å². The molecule has 6 unspecified atom stereocenters. The van der Waals surface area contributed by atoms with Crippen LogP contribution in [0.3, 0.4) is 0 Å². The molecule has 0 aliphatic carbocycles. The molecule has 2 aromatic rings. The molecule has 5 amide bonds. The van der Waals surface area contributed by atoms with E-state index in [-0.39, 0.29) is 25.4 Å². The van der Waals surface area contributed by atoms with Crippen LogP contribution in [0.2, 0.25) is 0 Å². The Bertz CT molecular complexity index is 1790. The molecule has 18 heteroatoms. The van der Waals surface area contributed by atoms with Gasteiger partial charge in [0.25, 0.3) is 5.91 Å². The molecule has 2 rings (SSSR count). The number of carbonyl (C=O) groups is 7. The second-order valence-corrected chi connectivity index (χ2v) is 15.6. The second kappa shape index (κ2) is 24.5. The number of nitrogens with one attached hydrogen (secondary N) is 2. The topological polar surface area (TPSA) is 319 Å². The fourth-order valence-electron chi connectivity index (χ4n) is 6.07. The molecular formula is C42H63N9O9. The van der Waals surface area contributed by atoms with Crippen LogP contribution >= 0.6 is 0 Å². The Kier molecular flexibility index (Phi) is 20.7. The van der Waals surface area contributed by atoms with Gasteiger partial charge >= 0.3 is 5.97 Å². The minimum atomic E-state index is -1.74. The van der Waals surface area contributed by atoms with Gasteiger partial charge in [0.05, 0.1) is 30.1 Å². The van der Waals surface area contributed by atoms with Crippen molar-refractivity contribution >= 4 is 47.2 Å². The number of aliphatic imine (C=N–C) groups is 1. The van der Waals surface area contributed by atoms with Crippen molar-refractivity contribution in [1.82, 2.24) is 15.5 Å². The van der Waals surface area contributed by atoms with E-state index in [4.69, 9.17) is 33.4 Å². The quantitative estimate of drug-likeness (QED) is 0.0412. The normalized spacial score (nSPS) is 15.3. The smallest absolute Gasteiger partial charge is 0.332 e. The monoisotopic (exact) mass is 837 g/mol. The maximum atomic E-state index is 14.3. The number of esters is 1. The Morgan fingerprint density at radius 2 is 1.27 bits per heavy atom. The van der Waals surface area contributed by atoms with Gasteiger partial charge in [-0.3, -0.25) is 28.8 Å². The molecule has 0 saturated heterocycles. The number of carbonyl (C=O) groups excluding carboxylic acids is 7. The zero-order chi connectivity index (χ0) is 45.3. The van der Waals surface area contributed by atoms with Gasteiger partial charge in [-0.1, -0.05) is 88.4 Å². The molecule has 60 heavy (non-hydrogen) atoms. The molecule has 0 radical (unpaired) electrons. The van der Waals surface area contributed by atoms with Crippen LogP contribution < -0.4 is 39.3 Å². The Balaban J connectivity index is 2.54. The zero-order valence-electron chi connectivity index (χ0n) is 35.3. The first-order valence-electron chi connectivity index (χ1n) is 20.0. The van der Waals surface area contributed by atoms with E-state index in [1.807, 2.05) is 30.3 Å². The fraction of sp³-hybridized carbons (Fsp3) is 0.524. The van der Waals surface area contributed by atoms with E-state index in [1.165, 1.54) is 13.8 Å². The molecule has 18 nitrogen and oxygen atoms in total. The van der Waals surface area contributed by atoms with Gasteiger partial charge in [-0.15, -0.1) is 0 Å². The predicted molar refractivity (Wildman–Crippen MR) is 225 cm³/mol. The number of aliphatic hydroxyl groups excluding tert-OH is 1. The predicted octanol–water partition coefficient (Wildman–Crippen LogP) is -0.0938. The summed E-state index contributed by atoms with van der Waals surface area (Å²) in [5.41, 5.74) is 30.8. The molecule has 0 spiro atoms. The van der Waals surface area contributed by atoms with E-state index in [0.29, 0.717) is 10.5 Å². The van der Waals surface area contributed by atoms with E-state index in [1.54, 1.807) is 58.0 Å². The van der Waals surface area contributed by atoms with Crippen molar-refractivity contribution in [2.24, 2.45) is 51.4 Å². The molecule has 0 fully saturated rings. The average molecular weight is 838 g/mol. The van der Waals surface area contributed by atoms with Gasteiger partial charge in [0.2, 0.25) is 23.6 Å². The Morgan fingerprint density at radius 1 is 0.733 bits per heavy atom. The molecule has 0 saturated carbocycles. The molecule has 8 atom stereocenters. The van der Waals surface area contributed by atoms with Gasteiger partial charge in [0.15, 0.2) is 17.8 Å². The van der Waals surface area contributed by atoms with Crippen LogP contribution in [-0.4, -0.2) is 99.6 Å². The van der Waals surface area contributed by atoms with Crippen molar-refractivity contribution in [2.45, 2.75) is 123 Å². The number of nitrogens with two attached hydrogens (primary N) is 5. The molecule has 0 bridgehead atoms. The van der Waals surface area contributed by atoms with Gasteiger partial charge < -0.3 is 49.1 Å². The third-order valence-corrected chi connectivity index (χ3v) is 9.80. The lowest BCUT2D eigenvalue weighted by Crippen LogP contribution is -2.58. The summed E-state index contributed by atoms with van der Waals surface area (Å²) >= 11 is 0. The van der Waals surface area contributed by atoms with Crippen LogP contribution in [0, 0.1) is 17.8 Å². The number of benzene rings is 2. The van der Waals surface area contributed by atoms with E-state index < -0.39 is 121 Å². The third kappa shape index (κ3) is 15.9. The summed E-state index contributed by atoms with van der Waals surface area (Å²) in [5, 5.41) is 15.9.